The fraction of sp³-hybridized carbons (Fsp3) is 0.182. The quantitative estimate of drug-likeness (QED) is 0.791. The molecule has 0 spiro atoms. The molecule has 0 radical (unpaired) electrons. The van der Waals surface area contributed by atoms with Crippen LogP contribution in [0.5, 0.6) is 0 Å². The molecule has 0 fully saturated rings. The zero-order chi connectivity index (χ0) is 10.4. The van der Waals surface area contributed by atoms with Gasteiger partial charge in [0.15, 0.2) is 0 Å². The van der Waals surface area contributed by atoms with Crippen molar-refractivity contribution < 1.29 is 4.39 Å². The smallest absolute Gasteiger partial charge is 0.0991 e. The molecule has 0 atom stereocenters. The summed E-state index contributed by atoms with van der Waals surface area (Å²) in [7, 11) is 0. The first-order valence-corrected chi connectivity index (χ1v) is 4.27. The molecule has 0 aromatic heterocycles. The first-order chi connectivity index (χ1) is 6.80. The van der Waals surface area contributed by atoms with Gasteiger partial charge in [-0.15, -0.1) is 0 Å². The summed E-state index contributed by atoms with van der Waals surface area (Å²) in [5.74, 6) is 0. The number of hydrogen-bond donors (Lipinski definition) is 1. The van der Waals surface area contributed by atoms with Gasteiger partial charge in [0, 0.05) is 6.54 Å². The largest absolute Gasteiger partial charge is 0.327 e. The van der Waals surface area contributed by atoms with Crippen LogP contribution in [0.25, 0.3) is 0 Å². The van der Waals surface area contributed by atoms with Crippen molar-refractivity contribution in [1.29, 1.82) is 5.26 Å². The molecule has 0 heterocycles. The molecule has 0 aliphatic carbocycles. The van der Waals surface area contributed by atoms with Gasteiger partial charge in [0.2, 0.25) is 0 Å². The van der Waals surface area contributed by atoms with Gasteiger partial charge in [-0.2, -0.15) is 5.26 Å². The van der Waals surface area contributed by atoms with Crippen molar-refractivity contribution in [3.63, 3.8) is 0 Å². The molecule has 0 aliphatic heterocycles. The van der Waals surface area contributed by atoms with Crippen LogP contribution in [0.1, 0.15) is 11.1 Å². The van der Waals surface area contributed by atoms with Crippen LogP contribution in [0, 0.1) is 11.3 Å². The number of rotatable bonds is 3. The van der Waals surface area contributed by atoms with E-state index in [0.29, 0.717) is 23.9 Å². The fourth-order valence-electron chi connectivity index (χ4n) is 1.17. The van der Waals surface area contributed by atoms with E-state index in [2.05, 4.69) is 0 Å². The highest BCUT2D eigenvalue weighted by atomic mass is 19.1. The van der Waals surface area contributed by atoms with E-state index < -0.39 is 0 Å². The molecule has 0 amide bonds. The van der Waals surface area contributed by atoms with Crippen LogP contribution in [0.3, 0.4) is 0 Å². The molecule has 0 unspecified atom stereocenters. The van der Waals surface area contributed by atoms with Crippen molar-refractivity contribution in [3.05, 3.63) is 47.3 Å². The lowest BCUT2D eigenvalue weighted by Gasteiger charge is -2.02. The molecule has 1 aromatic carbocycles. The van der Waals surface area contributed by atoms with Gasteiger partial charge in [0.1, 0.15) is 0 Å². The Balaban J connectivity index is 2.82. The molecule has 0 bridgehead atoms. The van der Waals surface area contributed by atoms with Gasteiger partial charge in [0.25, 0.3) is 0 Å². The summed E-state index contributed by atoms with van der Waals surface area (Å²) in [5, 5.41) is 8.65. The van der Waals surface area contributed by atoms with Gasteiger partial charge < -0.3 is 5.73 Å². The molecule has 3 heteroatoms. The third-order valence-corrected chi connectivity index (χ3v) is 1.90. The van der Waals surface area contributed by atoms with Crippen LogP contribution in [0.4, 0.5) is 4.39 Å². The van der Waals surface area contributed by atoms with E-state index >= 15 is 0 Å². The van der Waals surface area contributed by atoms with E-state index in [1.807, 2.05) is 12.1 Å². The predicted octanol–water partition coefficient (Wildman–Crippen LogP) is 1.91. The van der Waals surface area contributed by atoms with Crippen molar-refractivity contribution in [1.82, 2.24) is 0 Å². The zero-order valence-corrected chi connectivity index (χ0v) is 7.70. The molecule has 2 N–H and O–H groups in total. The van der Waals surface area contributed by atoms with Crippen LogP contribution in [0.15, 0.2) is 36.2 Å². The highest BCUT2D eigenvalue weighted by Gasteiger charge is 1.99. The molecule has 14 heavy (non-hydrogen) atoms. The van der Waals surface area contributed by atoms with Crippen LogP contribution in [0.2, 0.25) is 0 Å². The standard InChI is InChI=1S/C11H11FN2/c12-6-11(8-14)5-9-2-1-3-10(4-9)7-13/h1-4,6H,5,8,14H2/b11-6+. The van der Waals surface area contributed by atoms with Gasteiger partial charge in [0.05, 0.1) is 18.0 Å². The predicted molar refractivity (Wildman–Crippen MR) is 53.1 cm³/mol. The normalized spacial score (nSPS) is 11.1. The summed E-state index contributed by atoms with van der Waals surface area (Å²) in [6.45, 7) is 0.202. The minimum absolute atomic E-state index is 0.202. The second-order valence-corrected chi connectivity index (χ2v) is 2.96. The second-order valence-electron chi connectivity index (χ2n) is 2.96. The molecule has 72 valence electrons. The van der Waals surface area contributed by atoms with E-state index in [1.54, 1.807) is 18.2 Å². The van der Waals surface area contributed by atoms with Crippen LogP contribution in [-0.4, -0.2) is 6.54 Å². The third kappa shape index (κ3) is 2.68. The van der Waals surface area contributed by atoms with Crippen LogP contribution in [-0.2, 0) is 6.42 Å². The summed E-state index contributed by atoms with van der Waals surface area (Å²) in [6, 6.07) is 9.11. The third-order valence-electron chi connectivity index (χ3n) is 1.90. The van der Waals surface area contributed by atoms with Gasteiger partial charge in [-0.1, -0.05) is 12.1 Å². The Kier molecular flexibility index (Phi) is 3.84. The Morgan fingerprint density at radius 1 is 1.57 bits per heavy atom. The number of nitrogens with zero attached hydrogens (tertiary/aromatic N) is 1. The summed E-state index contributed by atoms with van der Waals surface area (Å²) >= 11 is 0. The summed E-state index contributed by atoms with van der Waals surface area (Å²) < 4.78 is 12.2. The van der Waals surface area contributed by atoms with Gasteiger partial charge in [-0.25, -0.2) is 4.39 Å². The Bertz CT molecular complexity index is 377. The SMILES string of the molecule is N#Cc1cccc(C/C(=C\F)CN)c1. The average molecular weight is 190 g/mol. The second kappa shape index (κ2) is 5.15. The summed E-state index contributed by atoms with van der Waals surface area (Å²) in [5.41, 5.74) is 7.34. The number of halogens is 1. The zero-order valence-electron chi connectivity index (χ0n) is 7.70. The molecule has 0 saturated carbocycles. The molecular formula is C11H11FN2. The molecular weight excluding hydrogens is 179 g/mol. The topological polar surface area (TPSA) is 49.8 Å². The summed E-state index contributed by atoms with van der Waals surface area (Å²) in [6.07, 6.45) is 0.988. The van der Waals surface area contributed by atoms with Crippen molar-refractivity contribution in [2.75, 3.05) is 6.54 Å². The van der Waals surface area contributed by atoms with Crippen molar-refractivity contribution >= 4 is 0 Å². The number of hydrogen-bond acceptors (Lipinski definition) is 2. The maximum absolute atomic E-state index is 12.2. The molecule has 1 rings (SSSR count). The van der Waals surface area contributed by atoms with Crippen LogP contribution >= 0.6 is 0 Å². The number of nitriles is 1. The summed E-state index contributed by atoms with van der Waals surface area (Å²) in [4.78, 5) is 0. The van der Waals surface area contributed by atoms with Crippen molar-refractivity contribution in [2.24, 2.45) is 5.73 Å². The lowest BCUT2D eigenvalue weighted by Crippen LogP contribution is -2.05. The van der Waals surface area contributed by atoms with Crippen molar-refractivity contribution in [2.45, 2.75) is 6.42 Å². The van der Waals surface area contributed by atoms with E-state index in [9.17, 15) is 4.39 Å². The minimum Gasteiger partial charge on any atom is -0.327 e. The molecule has 2 nitrogen and oxygen atoms in total. The Morgan fingerprint density at radius 2 is 2.36 bits per heavy atom. The minimum atomic E-state index is 0.202. The maximum atomic E-state index is 12.2. The number of nitrogens with two attached hydrogens (primary N) is 1. The van der Waals surface area contributed by atoms with Crippen molar-refractivity contribution in [3.8, 4) is 6.07 Å². The number of benzene rings is 1. The fourth-order valence-corrected chi connectivity index (χ4v) is 1.17. The molecule has 0 aliphatic rings. The molecule has 1 aromatic rings. The Morgan fingerprint density at radius 3 is 2.93 bits per heavy atom. The van der Waals surface area contributed by atoms with Gasteiger partial charge in [-0.05, 0) is 29.7 Å². The lowest BCUT2D eigenvalue weighted by molar-refractivity contribution is 0.699. The van der Waals surface area contributed by atoms with Gasteiger partial charge in [-0.3, -0.25) is 0 Å². The Hall–Kier alpha value is -1.66. The monoisotopic (exact) mass is 190 g/mol. The highest BCUT2D eigenvalue weighted by Crippen LogP contribution is 2.09. The lowest BCUT2D eigenvalue weighted by atomic mass is 10.0. The Labute approximate surface area is 82.5 Å². The molecule has 0 saturated heterocycles. The first-order valence-electron chi connectivity index (χ1n) is 4.27. The first kappa shape index (κ1) is 10.4. The van der Waals surface area contributed by atoms with Crippen LogP contribution < -0.4 is 5.73 Å². The van der Waals surface area contributed by atoms with E-state index in [0.717, 1.165) is 5.56 Å². The van der Waals surface area contributed by atoms with Gasteiger partial charge >= 0.3 is 0 Å². The van der Waals surface area contributed by atoms with E-state index in [-0.39, 0.29) is 6.54 Å². The average Bonchev–Trinajstić information content (AvgIpc) is 2.26. The maximum Gasteiger partial charge on any atom is 0.0991 e. The van der Waals surface area contributed by atoms with E-state index in [1.165, 1.54) is 0 Å². The highest BCUT2D eigenvalue weighted by molar-refractivity contribution is 5.34. The van der Waals surface area contributed by atoms with E-state index in [4.69, 9.17) is 11.0 Å².